The maximum Gasteiger partial charge on any atom is 0.242 e. The summed E-state index contributed by atoms with van der Waals surface area (Å²) in [7, 11) is 1.87. The first-order chi connectivity index (χ1) is 8.97. The van der Waals surface area contributed by atoms with Gasteiger partial charge in [-0.05, 0) is 33.2 Å². The zero-order valence-corrected chi connectivity index (χ0v) is 12.5. The van der Waals surface area contributed by atoms with Gasteiger partial charge in [-0.15, -0.1) is 0 Å². The Morgan fingerprint density at radius 3 is 2.53 bits per heavy atom. The fourth-order valence-corrected chi connectivity index (χ4v) is 2.27. The lowest BCUT2D eigenvalue weighted by molar-refractivity contribution is -0.144. The molecule has 0 aromatic heterocycles. The van der Waals surface area contributed by atoms with Gasteiger partial charge in [-0.3, -0.25) is 9.59 Å². The van der Waals surface area contributed by atoms with Crippen LogP contribution >= 0.6 is 0 Å². The number of piperidine rings is 1. The third kappa shape index (κ3) is 4.49. The molecule has 2 atom stereocenters. The van der Waals surface area contributed by atoms with Crippen molar-refractivity contribution in [2.24, 2.45) is 5.92 Å². The number of carbonyl (C=O) groups excluding carboxylic acids is 2. The standard InChI is InChI=1S/C14H27N3O2/c1-10(2)14(19)17-8-6-5-7-12(17)13(18)16-9-11(3)15-4/h10-12,15H,5-9H2,1-4H3,(H,16,18). The molecule has 0 bridgehead atoms. The van der Waals surface area contributed by atoms with E-state index in [1.165, 1.54) is 0 Å². The van der Waals surface area contributed by atoms with Crippen molar-refractivity contribution in [1.82, 2.24) is 15.5 Å². The van der Waals surface area contributed by atoms with Crippen molar-refractivity contribution in [2.45, 2.75) is 52.1 Å². The summed E-state index contributed by atoms with van der Waals surface area (Å²) in [5, 5.41) is 6.01. The number of amides is 2. The van der Waals surface area contributed by atoms with Crippen LogP contribution in [0.4, 0.5) is 0 Å². The van der Waals surface area contributed by atoms with Crippen molar-refractivity contribution in [3.8, 4) is 0 Å². The van der Waals surface area contributed by atoms with Crippen LogP contribution in [-0.4, -0.2) is 48.9 Å². The third-order valence-corrected chi connectivity index (χ3v) is 3.66. The number of hydrogen-bond donors (Lipinski definition) is 2. The molecule has 0 spiro atoms. The molecule has 1 aliphatic rings. The highest BCUT2D eigenvalue weighted by molar-refractivity contribution is 5.88. The second kappa shape index (κ2) is 7.48. The van der Waals surface area contributed by atoms with Gasteiger partial charge in [-0.1, -0.05) is 13.8 Å². The van der Waals surface area contributed by atoms with Gasteiger partial charge < -0.3 is 15.5 Å². The van der Waals surface area contributed by atoms with E-state index in [1.807, 2.05) is 27.8 Å². The average Bonchev–Trinajstić information content (AvgIpc) is 2.43. The van der Waals surface area contributed by atoms with Gasteiger partial charge in [0.05, 0.1) is 0 Å². The van der Waals surface area contributed by atoms with Crippen molar-refractivity contribution in [3.63, 3.8) is 0 Å². The van der Waals surface area contributed by atoms with E-state index >= 15 is 0 Å². The topological polar surface area (TPSA) is 61.4 Å². The number of likely N-dealkylation sites (N-methyl/N-ethyl adjacent to an activating group) is 1. The van der Waals surface area contributed by atoms with Gasteiger partial charge in [0.2, 0.25) is 11.8 Å². The lowest BCUT2D eigenvalue weighted by Gasteiger charge is -2.36. The second-order valence-corrected chi connectivity index (χ2v) is 5.63. The van der Waals surface area contributed by atoms with Crippen LogP contribution < -0.4 is 10.6 Å². The van der Waals surface area contributed by atoms with E-state index < -0.39 is 0 Å². The molecule has 2 unspecified atom stereocenters. The molecule has 2 N–H and O–H groups in total. The average molecular weight is 269 g/mol. The van der Waals surface area contributed by atoms with E-state index in [0.29, 0.717) is 13.1 Å². The lowest BCUT2D eigenvalue weighted by atomic mass is 9.99. The van der Waals surface area contributed by atoms with Crippen LogP contribution in [0, 0.1) is 5.92 Å². The highest BCUT2D eigenvalue weighted by Crippen LogP contribution is 2.19. The monoisotopic (exact) mass is 269 g/mol. The Labute approximate surface area is 116 Å². The lowest BCUT2D eigenvalue weighted by Crippen LogP contribution is -2.54. The SMILES string of the molecule is CNC(C)CNC(=O)C1CCCCN1C(=O)C(C)C. The quantitative estimate of drug-likeness (QED) is 0.774. The molecule has 0 radical (unpaired) electrons. The van der Waals surface area contributed by atoms with Gasteiger partial charge in [-0.2, -0.15) is 0 Å². The highest BCUT2D eigenvalue weighted by atomic mass is 16.2. The molecule has 5 heteroatoms. The molecule has 1 fully saturated rings. The minimum absolute atomic E-state index is 0.0178. The maximum atomic E-state index is 12.2. The van der Waals surface area contributed by atoms with Crippen molar-refractivity contribution in [2.75, 3.05) is 20.1 Å². The first kappa shape index (κ1) is 16.0. The summed E-state index contributed by atoms with van der Waals surface area (Å²) < 4.78 is 0. The molecule has 110 valence electrons. The van der Waals surface area contributed by atoms with Gasteiger partial charge in [0.15, 0.2) is 0 Å². The highest BCUT2D eigenvalue weighted by Gasteiger charge is 2.32. The van der Waals surface area contributed by atoms with Crippen LogP contribution in [0.15, 0.2) is 0 Å². The maximum absolute atomic E-state index is 12.2. The minimum Gasteiger partial charge on any atom is -0.353 e. The second-order valence-electron chi connectivity index (χ2n) is 5.63. The third-order valence-electron chi connectivity index (χ3n) is 3.66. The minimum atomic E-state index is -0.285. The predicted octanol–water partition coefficient (Wildman–Crippen LogP) is 0.748. The van der Waals surface area contributed by atoms with Crippen LogP contribution in [0.3, 0.4) is 0 Å². The first-order valence-electron chi connectivity index (χ1n) is 7.22. The molecule has 1 rings (SSSR count). The Hall–Kier alpha value is -1.10. The molecule has 0 saturated carbocycles. The smallest absolute Gasteiger partial charge is 0.242 e. The molecule has 0 aliphatic carbocycles. The van der Waals surface area contributed by atoms with Crippen LogP contribution in [0.2, 0.25) is 0 Å². The predicted molar refractivity (Wildman–Crippen MR) is 75.7 cm³/mol. The summed E-state index contributed by atoms with van der Waals surface area (Å²) in [4.78, 5) is 26.1. The van der Waals surface area contributed by atoms with Crippen molar-refractivity contribution < 1.29 is 9.59 Å². The zero-order chi connectivity index (χ0) is 14.4. The van der Waals surface area contributed by atoms with E-state index in [-0.39, 0.29) is 29.8 Å². The number of hydrogen-bond acceptors (Lipinski definition) is 3. The summed E-state index contributed by atoms with van der Waals surface area (Å²) in [5.41, 5.74) is 0. The molecular weight excluding hydrogens is 242 g/mol. The molecule has 19 heavy (non-hydrogen) atoms. The van der Waals surface area contributed by atoms with Crippen LogP contribution in [-0.2, 0) is 9.59 Å². The number of rotatable bonds is 5. The molecule has 1 saturated heterocycles. The zero-order valence-electron chi connectivity index (χ0n) is 12.5. The van der Waals surface area contributed by atoms with Crippen LogP contribution in [0.25, 0.3) is 0 Å². The summed E-state index contributed by atoms with van der Waals surface area (Å²) >= 11 is 0. The Bertz CT molecular complexity index is 318. The molecule has 2 amide bonds. The van der Waals surface area contributed by atoms with Gasteiger partial charge >= 0.3 is 0 Å². The fraction of sp³-hybridized carbons (Fsp3) is 0.857. The summed E-state index contributed by atoms with van der Waals surface area (Å²) in [6.45, 7) is 7.08. The molecule has 1 aliphatic heterocycles. The molecule has 1 heterocycles. The van der Waals surface area contributed by atoms with Crippen molar-refractivity contribution >= 4 is 11.8 Å². The first-order valence-corrected chi connectivity index (χ1v) is 7.22. The summed E-state index contributed by atoms with van der Waals surface area (Å²) in [6, 6.07) is -0.0468. The number of nitrogens with zero attached hydrogens (tertiary/aromatic N) is 1. The van der Waals surface area contributed by atoms with E-state index in [4.69, 9.17) is 0 Å². The number of likely N-dealkylation sites (tertiary alicyclic amines) is 1. The Kier molecular flexibility index (Phi) is 6.28. The van der Waals surface area contributed by atoms with Crippen LogP contribution in [0.5, 0.6) is 0 Å². The van der Waals surface area contributed by atoms with E-state index in [9.17, 15) is 9.59 Å². The largest absolute Gasteiger partial charge is 0.353 e. The normalized spacial score (nSPS) is 21.3. The Morgan fingerprint density at radius 1 is 1.26 bits per heavy atom. The molecule has 0 aromatic rings. The van der Waals surface area contributed by atoms with Gasteiger partial charge in [0.25, 0.3) is 0 Å². The van der Waals surface area contributed by atoms with Gasteiger partial charge in [0, 0.05) is 25.0 Å². The molecule has 5 nitrogen and oxygen atoms in total. The van der Waals surface area contributed by atoms with Gasteiger partial charge in [-0.25, -0.2) is 0 Å². The van der Waals surface area contributed by atoms with E-state index in [2.05, 4.69) is 10.6 Å². The fourth-order valence-electron chi connectivity index (χ4n) is 2.27. The Morgan fingerprint density at radius 2 is 1.95 bits per heavy atom. The van der Waals surface area contributed by atoms with Crippen LogP contribution in [0.1, 0.15) is 40.0 Å². The molecule has 0 aromatic carbocycles. The molecular formula is C14H27N3O2. The number of carbonyl (C=O) groups is 2. The summed E-state index contributed by atoms with van der Waals surface area (Å²) in [5.74, 6) is 0.0157. The van der Waals surface area contributed by atoms with Crippen molar-refractivity contribution in [1.29, 1.82) is 0 Å². The van der Waals surface area contributed by atoms with E-state index in [1.54, 1.807) is 4.90 Å². The Balaban J connectivity index is 2.61. The van der Waals surface area contributed by atoms with E-state index in [0.717, 1.165) is 19.3 Å². The number of nitrogens with one attached hydrogen (secondary N) is 2. The van der Waals surface area contributed by atoms with Crippen molar-refractivity contribution in [3.05, 3.63) is 0 Å². The summed E-state index contributed by atoms with van der Waals surface area (Å²) in [6.07, 6.45) is 2.79. The van der Waals surface area contributed by atoms with Gasteiger partial charge in [0.1, 0.15) is 6.04 Å².